The van der Waals surface area contributed by atoms with E-state index in [9.17, 15) is 4.39 Å². The first-order chi connectivity index (χ1) is 8.95. The molecular formula is C13H24FN5. The van der Waals surface area contributed by atoms with Crippen molar-refractivity contribution in [2.75, 3.05) is 30.8 Å². The van der Waals surface area contributed by atoms with Crippen molar-refractivity contribution in [2.24, 2.45) is 0 Å². The van der Waals surface area contributed by atoms with E-state index in [1.54, 1.807) is 7.05 Å². The van der Waals surface area contributed by atoms with Gasteiger partial charge < -0.3 is 10.6 Å². The summed E-state index contributed by atoms with van der Waals surface area (Å²) in [4.78, 5) is 10.2. The molecule has 1 heterocycles. The van der Waals surface area contributed by atoms with Gasteiger partial charge in [-0.1, -0.05) is 0 Å². The lowest BCUT2D eigenvalue weighted by atomic mass is 10.2. The highest BCUT2D eigenvalue weighted by atomic mass is 19.1. The van der Waals surface area contributed by atoms with Crippen molar-refractivity contribution in [1.82, 2.24) is 14.9 Å². The molecule has 0 unspecified atom stereocenters. The third-order valence-corrected chi connectivity index (χ3v) is 2.96. The molecule has 0 saturated heterocycles. The fourth-order valence-electron chi connectivity index (χ4n) is 2.03. The average molecular weight is 269 g/mol. The molecule has 2 N–H and O–H groups in total. The molecule has 0 saturated carbocycles. The van der Waals surface area contributed by atoms with Crippen LogP contribution in [0.5, 0.6) is 0 Å². The molecule has 1 rings (SSSR count). The summed E-state index contributed by atoms with van der Waals surface area (Å²) in [6.45, 7) is 10.1. The Morgan fingerprint density at radius 2 is 1.89 bits per heavy atom. The third kappa shape index (κ3) is 4.63. The number of hydrogen-bond acceptors (Lipinski definition) is 5. The van der Waals surface area contributed by atoms with Gasteiger partial charge in [-0.2, -0.15) is 4.98 Å². The quantitative estimate of drug-likeness (QED) is 0.794. The highest BCUT2D eigenvalue weighted by Gasteiger charge is 2.13. The van der Waals surface area contributed by atoms with Crippen LogP contribution in [0.2, 0.25) is 0 Å². The van der Waals surface area contributed by atoms with Gasteiger partial charge in [0, 0.05) is 32.2 Å². The molecule has 0 aliphatic carbocycles. The summed E-state index contributed by atoms with van der Waals surface area (Å²) < 4.78 is 13.5. The van der Waals surface area contributed by atoms with Crippen molar-refractivity contribution < 1.29 is 4.39 Å². The molecule has 0 aromatic carbocycles. The van der Waals surface area contributed by atoms with Crippen LogP contribution in [-0.4, -0.2) is 47.1 Å². The zero-order valence-corrected chi connectivity index (χ0v) is 12.4. The Balaban J connectivity index is 2.57. The Morgan fingerprint density at radius 3 is 2.42 bits per heavy atom. The van der Waals surface area contributed by atoms with Crippen LogP contribution in [0.4, 0.5) is 16.2 Å². The van der Waals surface area contributed by atoms with E-state index in [2.05, 4.69) is 53.2 Å². The Labute approximate surface area is 114 Å². The predicted molar refractivity (Wildman–Crippen MR) is 77.0 cm³/mol. The van der Waals surface area contributed by atoms with Crippen molar-refractivity contribution in [2.45, 2.75) is 39.8 Å². The minimum Gasteiger partial charge on any atom is -0.366 e. The maximum absolute atomic E-state index is 13.5. The maximum Gasteiger partial charge on any atom is 0.224 e. The summed E-state index contributed by atoms with van der Waals surface area (Å²) in [6, 6.07) is 0.926. The van der Waals surface area contributed by atoms with Crippen LogP contribution < -0.4 is 10.6 Å². The van der Waals surface area contributed by atoms with Gasteiger partial charge in [-0.15, -0.1) is 0 Å². The van der Waals surface area contributed by atoms with Crippen LogP contribution in [-0.2, 0) is 0 Å². The summed E-state index contributed by atoms with van der Waals surface area (Å²) in [5.74, 6) is 0.222. The Hall–Kier alpha value is -1.43. The van der Waals surface area contributed by atoms with Crippen molar-refractivity contribution in [1.29, 1.82) is 0 Å². The van der Waals surface area contributed by atoms with Crippen molar-refractivity contribution in [3.8, 4) is 0 Å². The first-order valence-corrected chi connectivity index (χ1v) is 6.65. The molecule has 0 atom stereocenters. The zero-order valence-electron chi connectivity index (χ0n) is 12.4. The normalized spacial score (nSPS) is 11.4. The number of nitrogens with one attached hydrogen (secondary N) is 2. The molecule has 5 nitrogen and oxygen atoms in total. The van der Waals surface area contributed by atoms with Crippen LogP contribution in [0.15, 0.2) is 6.20 Å². The fraction of sp³-hybridized carbons (Fsp3) is 0.692. The fourth-order valence-corrected chi connectivity index (χ4v) is 2.03. The SMILES string of the molecule is CNc1ncc(F)c(NCCN(C(C)C)C(C)C)n1. The third-order valence-electron chi connectivity index (χ3n) is 2.96. The molecule has 0 fully saturated rings. The summed E-state index contributed by atoms with van der Waals surface area (Å²) in [7, 11) is 1.70. The summed E-state index contributed by atoms with van der Waals surface area (Å²) in [5.41, 5.74) is 0. The molecule has 1 aromatic heterocycles. The minimum absolute atomic E-state index is 0.242. The topological polar surface area (TPSA) is 53.1 Å². The lowest BCUT2D eigenvalue weighted by Gasteiger charge is -2.30. The summed E-state index contributed by atoms with van der Waals surface area (Å²) in [5, 5.41) is 5.81. The van der Waals surface area contributed by atoms with E-state index in [-0.39, 0.29) is 5.82 Å². The standard InChI is InChI=1S/C13H24FN5/c1-9(2)19(10(3)4)7-6-16-12-11(14)8-17-13(15-5)18-12/h8-10H,6-7H2,1-5H3,(H2,15,16,17,18). The molecule has 6 heteroatoms. The summed E-state index contributed by atoms with van der Waals surface area (Å²) in [6.07, 6.45) is 1.17. The number of anilines is 2. The van der Waals surface area contributed by atoms with Gasteiger partial charge in [0.2, 0.25) is 5.95 Å². The first kappa shape index (κ1) is 15.6. The van der Waals surface area contributed by atoms with E-state index in [0.29, 0.717) is 24.6 Å². The van der Waals surface area contributed by atoms with Gasteiger partial charge in [0.05, 0.1) is 6.20 Å². The average Bonchev–Trinajstić information content (AvgIpc) is 2.35. The Morgan fingerprint density at radius 1 is 1.26 bits per heavy atom. The monoisotopic (exact) mass is 269 g/mol. The largest absolute Gasteiger partial charge is 0.366 e. The van der Waals surface area contributed by atoms with Gasteiger partial charge in [-0.05, 0) is 27.7 Å². The van der Waals surface area contributed by atoms with E-state index in [0.717, 1.165) is 6.54 Å². The molecule has 19 heavy (non-hydrogen) atoms. The minimum atomic E-state index is -0.431. The van der Waals surface area contributed by atoms with Gasteiger partial charge >= 0.3 is 0 Å². The van der Waals surface area contributed by atoms with E-state index in [1.165, 1.54) is 6.20 Å². The smallest absolute Gasteiger partial charge is 0.224 e. The van der Waals surface area contributed by atoms with E-state index >= 15 is 0 Å². The number of nitrogens with zero attached hydrogens (tertiary/aromatic N) is 3. The molecule has 0 radical (unpaired) electrons. The van der Waals surface area contributed by atoms with Gasteiger partial charge in [0.15, 0.2) is 11.6 Å². The van der Waals surface area contributed by atoms with E-state index in [1.807, 2.05) is 0 Å². The second-order valence-electron chi connectivity index (χ2n) is 4.99. The van der Waals surface area contributed by atoms with E-state index in [4.69, 9.17) is 0 Å². The van der Waals surface area contributed by atoms with Crippen LogP contribution in [0.25, 0.3) is 0 Å². The highest BCUT2D eigenvalue weighted by molar-refractivity contribution is 5.40. The molecule has 0 amide bonds. The van der Waals surface area contributed by atoms with Crippen LogP contribution >= 0.6 is 0 Å². The lowest BCUT2D eigenvalue weighted by molar-refractivity contribution is 0.182. The second-order valence-corrected chi connectivity index (χ2v) is 4.99. The predicted octanol–water partition coefficient (Wildman–Crippen LogP) is 2.19. The van der Waals surface area contributed by atoms with Crippen molar-refractivity contribution >= 4 is 11.8 Å². The van der Waals surface area contributed by atoms with E-state index < -0.39 is 5.82 Å². The Kier molecular flexibility index (Phi) is 5.95. The molecule has 1 aromatic rings. The van der Waals surface area contributed by atoms with Crippen LogP contribution in [0.3, 0.4) is 0 Å². The molecule has 108 valence electrons. The number of halogens is 1. The lowest BCUT2D eigenvalue weighted by Crippen LogP contribution is -2.40. The zero-order chi connectivity index (χ0) is 14.4. The van der Waals surface area contributed by atoms with Gasteiger partial charge in [0.25, 0.3) is 0 Å². The molecule has 0 aliphatic rings. The van der Waals surface area contributed by atoms with Crippen LogP contribution in [0.1, 0.15) is 27.7 Å². The van der Waals surface area contributed by atoms with Crippen molar-refractivity contribution in [3.63, 3.8) is 0 Å². The second kappa shape index (κ2) is 7.23. The van der Waals surface area contributed by atoms with Gasteiger partial charge in [-0.3, -0.25) is 4.90 Å². The molecule has 0 bridgehead atoms. The molecular weight excluding hydrogens is 245 g/mol. The number of hydrogen-bond donors (Lipinski definition) is 2. The van der Waals surface area contributed by atoms with Gasteiger partial charge in [0.1, 0.15) is 0 Å². The summed E-state index contributed by atoms with van der Waals surface area (Å²) >= 11 is 0. The number of rotatable bonds is 7. The maximum atomic E-state index is 13.5. The molecule has 0 spiro atoms. The first-order valence-electron chi connectivity index (χ1n) is 6.65. The van der Waals surface area contributed by atoms with Crippen molar-refractivity contribution in [3.05, 3.63) is 12.0 Å². The van der Waals surface area contributed by atoms with Crippen LogP contribution in [0, 0.1) is 5.82 Å². The van der Waals surface area contributed by atoms with Gasteiger partial charge in [-0.25, -0.2) is 9.37 Å². The Bertz CT molecular complexity index is 387. The highest BCUT2D eigenvalue weighted by Crippen LogP contribution is 2.11. The number of aromatic nitrogens is 2. The molecule has 0 aliphatic heterocycles.